The first-order chi connectivity index (χ1) is 11.0. The van der Waals surface area contributed by atoms with E-state index in [-0.39, 0.29) is 11.0 Å². The van der Waals surface area contributed by atoms with E-state index in [1.54, 1.807) is 49.6 Å². The van der Waals surface area contributed by atoms with Crippen molar-refractivity contribution >= 4 is 40.5 Å². The average molecular weight is 351 g/mol. The molecule has 5 nitrogen and oxygen atoms in total. The van der Waals surface area contributed by atoms with Crippen LogP contribution in [0.25, 0.3) is 0 Å². The molecule has 0 atom stereocenters. The first-order valence-corrected chi connectivity index (χ1v) is 7.42. The Balaban J connectivity index is 1.98. The van der Waals surface area contributed by atoms with Gasteiger partial charge < -0.3 is 14.8 Å². The minimum atomic E-state index is -0.315. The first-order valence-electron chi connectivity index (χ1n) is 6.63. The SMILES string of the molecule is COc1ccc(C(=O)NC(=S)Nc2ccc(OC)c(Cl)c2)cc1. The van der Waals surface area contributed by atoms with Crippen molar-refractivity contribution in [2.45, 2.75) is 0 Å². The second-order valence-corrected chi connectivity index (χ2v) is 5.30. The third kappa shape index (κ3) is 4.58. The van der Waals surface area contributed by atoms with E-state index in [2.05, 4.69) is 10.6 Å². The molecular formula is C16H15ClN2O3S. The van der Waals surface area contributed by atoms with Gasteiger partial charge >= 0.3 is 0 Å². The molecule has 0 bridgehead atoms. The molecule has 120 valence electrons. The number of thiocarbonyl (C=S) groups is 1. The van der Waals surface area contributed by atoms with Crippen LogP contribution in [0, 0.1) is 0 Å². The number of halogens is 1. The zero-order valence-corrected chi connectivity index (χ0v) is 14.1. The molecule has 0 aliphatic heterocycles. The fraction of sp³-hybridized carbons (Fsp3) is 0.125. The van der Waals surface area contributed by atoms with Gasteiger partial charge in [0.05, 0.1) is 19.2 Å². The van der Waals surface area contributed by atoms with Crippen LogP contribution < -0.4 is 20.1 Å². The van der Waals surface area contributed by atoms with Crippen LogP contribution in [0.2, 0.25) is 5.02 Å². The zero-order valence-electron chi connectivity index (χ0n) is 12.6. The number of hydrogen-bond donors (Lipinski definition) is 2. The van der Waals surface area contributed by atoms with Crippen molar-refractivity contribution in [3.8, 4) is 11.5 Å². The van der Waals surface area contributed by atoms with E-state index >= 15 is 0 Å². The summed E-state index contributed by atoms with van der Waals surface area (Å²) in [7, 11) is 3.10. The number of anilines is 1. The lowest BCUT2D eigenvalue weighted by atomic mass is 10.2. The number of carbonyl (C=O) groups is 1. The molecule has 0 saturated carbocycles. The van der Waals surface area contributed by atoms with Crippen molar-refractivity contribution in [1.82, 2.24) is 5.32 Å². The Kier molecular flexibility index (Phi) is 5.78. The molecular weight excluding hydrogens is 336 g/mol. The molecule has 1 amide bonds. The van der Waals surface area contributed by atoms with E-state index in [4.69, 9.17) is 33.3 Å². The number of amides is 1. The molecule has 0 unspecified atom stereocenters. The average Bonchev–Trinajstić information content (AvgIpc) is 2.55. The predicted octanol–water partition coefficient (Wildman–Crippen LogP) is 3.48. The highest BCUT2D eigenvalue weighted by Gasteiger charge is 2.09. The summed E-state index contributed by atoms with van der Waals surface area (Å²) in [4.78, 5) is 12.1. The molecule has 0 saturated heterocycles. The fourth-order valence-corrected chi connectivity index (χ4v) is 2.29. The topological polar surface area (TPSA) is 59.6 Å². The third-order valence-electron chi connectivity index (χ3n) is 2.99. The summed E-state index contributed by atoms with van der Waals surface area (Å²) in [6.07, 6.45) is 0. The summed E-state index contributed by atoms with van der Waals surface area (Å²) < 4.78 is 10.1. The Hall–Kier alpha value is -2.31. The van der Waals surface area contributed by atoms with E-state index in [0.29, 0.717) is 27.8 Å². The van der Waals surface area contributed by atoms with Gasteiger partial charge in [-0.15, -0.1) is 0 Å². The monoisotopic (exact) mass is 350 g/mol. The lowest BCUT2D eigenvalue weighted by molar-refractivity contribution is 0.0977. The summed E-state index contributed by atoms with van der Waals surface area (Å²) >= 11 is 11.2. The smallest absolute Gasteiger partial charge is 0.257 e. The van der Waals surface area contributed by atoms with E-state index in [9.17, 15) is 4.79 Å². The van der Waals surface area contributed by atoms with Crippen LogP contribution >= 0.6 is 23.8 Å². The predicted molar refractivity (Wildman–Crippen MR) is 94.7 cm³/mol. The van der Waals surface area contributed by atoms with E-state index in [1.165, 1.54) is 7.11 Å². The van der Waals surface area contributed by atoms with Gasteiger partial charge in [-0.05, 0) is 54.7 Å². The Labute approximate surface area is 144 Å². The van der Waals surface area contributed by atoms with Crippen molar-refractivity contribution in [1.29, 1.82) is 0 Å². The van der Waals surface area contributed by atoms with Crippen LogP contribution in [0.4, 0.5) is 5.69 Å². The second-order valence-electron chi connectivity index (χ2n) is 4.49. The minimum Gasteiger partial charge on any atom is -0.497 e. The largest absolute Gasteiger partial charge is 0.497 e. The highest BCUT2D eigenvalue weighted by Crippen LogP contribution is 2.27. The van der Waals surface area contributed by atoms with E-state index < -0.39 is 0 Å². The van der Waals surface area contributed by atoms with Crippen molar-refractivity contribution in [3.63, 3.8) is 0 Å². The fourth-order valence-electron chi connectivity index (χ4n) is 1.82. The van der Waals surface area contributed by atoms with Crippen LogP contribution in [0.1, 0.15) is 10.4 Å². The molecule has 0 aliphatic rings. The van der Waals surface area contributed by atoms with Gasteiger partial charge in [-0.2, -0.15) is 0 Å². The standard InChI is InChI=1S/C16H15ClN2O3S/c1-21-12-6-3-10(4-7-12)15(20)19-16(23)18-11-5-8-14(22-2)13(17)9-11/h3-9H,1-2H3,(H2,18,19,20,23). The van der Waals surface area contributed by atoms with Gasteiger partial charge in [0.15, 0.2) is 5.11 Å². The number of benzene rings is 2. The third-order valence-corrected chi connectivity index (χ3v) is 3.49. The van der Waals surface area contributed by atoms with Crippen LogP contribution in [-0.2, 0) is 0 Å². The van der Waals surface area contributed by atoms with Gasteiger partial charge in [0.1, 0.15) is 11.5 Å². The molecule has 23 heavy (non-hydrogen) atoms. The maximum Gasteiger partial charge on any atom is 0.257 e. The van der Waals surface area contributed by atoms with Crippen molar-refractivity contribution < 1.29 is 14.3 Å². The lowest BCUT2D eigenvalue weighted by Gasteiger charge is -2.11. The zero-order chi connectivity index (χ0) is 16.8. The van der Waals surface area contributed by atoms with Crippen LogP contribution in [0.15, 0.2) is 42.5 Å². The van der Waals surface area contributed by atoms with Gasteiger partial charge in [-0.1, -0.05) is 11.6 Å². The molecule has 0 fully saturated rings. The van der Waals surface area contributed by atoms with Crippen LogP contribution in [0.3, 0.4) is 0 Å². The molecule has 0 radical (unpaired) electrons. The highest BCUT2D eigenvalue weighted by atomic mass is 35.5. The maximum atomic E-state index is 12.1. The summed E-state index contributed by atoms with van der Waals surface area (Å²) in [6, 6.07) is 11.8. The lowest BCUT2D eigenvalue weighted by Crippen LogP contribution is -2.34. The van der Waals surface area contributed by atoms with E-state index in [1.807, 2.05) is 0 Å². The Morgan fingerprint density at radius 2 is 1.78 bits per heavy atom. The molecule has 7 heteroatoms. The van der Waals surface area contributed by atoms with Crippen LogP contribution in [0.5, 0.6) is 11.5 Å². The molecule has 2 aromatic rings. The Morgan fingerprint density at radius 3 is 2.35 bits per heavy atom. The Bertz CT molecular complexity index is 720. The summed E-state index contributed by atoms with van der Waals surface area (Å²) in [5, 5.41) is 6.11. The van der Waals surface area contributed by atoms with Gasteiger partial charge in [-0.3, -0.25) is 10.1 Å². The van der Waals surface area contributed by atoms with Gasteiger partial charge in [0.25, 0.3) is 5.91 Å². The quantitative estimate of drug-likeness (QED) is 0.827. The molecule has 2 N–H and O–H groups in total. The number of carbonyl (C=O) groups excluding carboxylic acids is 1. The normalized spacial score (nSPS) is 9.87. The molecule has 2 rings (SSSR count). The number of methoxy groups -OCH3 is 2. The highest BCUT2D eigenvalue weighted by molar-refractivity contribution is 7.80. The number of rotatable bonds is 4. The number of hydrogen-bond acceptors (Lipinski definition) is 4. The summed E-state index contributed by atoms with van der Waals surface area (Å²) in [5.41, 5.74) is 1.12. The minimum absolute atomic E-state index is 0.173. The van der Waals surface area contributed by atoms with Gasteiger partial charge in [0.2, 0.25) is 0 Å². The summed E-state index contributed by atoms with van der Waals surface area (Å²) in [5.74, 6) is 0.922. The molecule has 0 aliphatic carbocycles. The van der Waals surface area contributed by atoms with Crippen molar-refractivity contribution in [2.24, 2.45) is 0 Å². The second kappa shape index (κ2) is 7.80. The molecule has 0 aromatic heterocycles. The maximum absolute atomic E-state index is 12.1. The van der Waals surface area contributed by atoms with Crippen LogP contribution in [-0.4, -0.2) is 25.2 Å². The Morgan fingerprint density at radius 1 is 1.09 bits per heavy atom. The first kappa shape index (κ1) is 17.1. The molecule has 2 aromatic carbocycles. The molecule has 0 spiro atoms. The van der Waals surface area contributed by atoms with Crippen molar-refractivity contribution in [2.75, 3.05) is 19.5 Å². The van der Waals surface area contributed by atoms with Gasteiger partial charge in [0, 0.05) is 11.3 Å². The van der Waals surface area contributed by atoms with Gasteiger partial charge in [-0.25, -0.2) is 0 Å². The van der Waals surface area contributed by atoms with E-state index in [0.717, 1.165) is 0 Å². The van der Waals surface area contributed by atoms with Crippen molar-refractivity contribution in [3.05, 3.63) is 53.1 Å². The summed E-state index contributed by atoms with van der Waals surface area (Å²) in [6.45, 7) is 0. The number of nitrogens with one attached hydrogen (secondary N) is 2. The number of ether oxygens (including phenoxy) is 2. The molecule has 0 heterocycles.